The molecule has 22 heavy (non-hydrogen) atoms. The highest BCUT2D eigenvalue weighted by Gasteiger charge is 2.37. The quantitative estimate of drug-likeness (QED) is 0.838. The van der Waals surface area contributed by atoms with Gasteiger partial charge in [0.25, 0.3) is 0 Å². The van der Waals surface area contributed by atoms with Crippen molar-refractivity contribution in [3.05, 3.63) is 0 Å². The minimum Gasteiger partial charge on any atom is -0.352 e. The van der Waals surface area contributed by atoms with E-state index in [0.717, 1.165) is 25.7 Å². The van der Waals surface area contributed by atoms with Crippen LogP contribution >= 0.6 is 0 Å². The predicted octanol–water partition coefficient (Wildman–Crippen LogP) is 2.41. The summed E-state index contributed by atoms with van der Waals surface area (Å²) in [6, 6.07) is 0.255. The Labute approximate surface area is 133 Å². The molecule has 2 atom stereocenters. The molecule has 3 fully saturated rings. The number of urea groups is 1. The topological polar surface area (TPSA) is 61.4 Å². The average Bonchev–Trinajstić information content (AvgIpc) is 3.19. The van der Waals surface area contributed by atoms with Crippen molar-refractivity contribution in [2.24, 2.45) is 5.92 Å². The van der Waals surface area contributed by atoms with Crippen LogP contribution in [0.25, 0.3) is 0 Å². The van der Waals surface area contributed by atoms with Gasteiger partial charge in [0.05, 0.1) is 0 Å². The van der Waals surface area contributed by atoms with Crippen molar-refractivity contribution >= 4 is 11.9 Å². The normalized spacial score (nSPS) is 27.5. The van der Waals surface area contributed by atoms with Crippen molar-refractivity contribution in [1.29, 1.82) is 0 Å². The molecular formula is C17H29N3O2. The Bertz CT molecular complexity index is 416. The maximum absolute atomic E-state index is 12.5. The van der Waals surface area contributed by atoms with Crippen LogP contribution in [0.4, 0.5) is 4.79 Å². The van der Waals surface area contributed by atoms with Crippen LogP contribution in [0.1, 0.15) is 64.7 Å². The molecule has 1 saturated heterocycles. The van der Waals surface area contributed by atoms with E-state index in [2.05, 4.69) is 17.6 Å². The first kappa shape index (κ1) is 15.6. The Hall–Kier alpha value is -1.26. The monoisotopic (exact) mass is 307 g/mol. The largest absolute Gasteiger partial charge is 0.352 e. The van der Waals surface area contributed by atoms with E-state index in [1.54, 1.807) is 4.90 Å². The Morgan fingerprint density at radius 2 is 1.73 bits per heavy atom. The fourth-order valence-corrected chi connectivity index (χ4v) is 3.84. The third kappa shape index (κ3) is 3.73. The second-order valence-corrected chi connectivity index (χ2v) is 7.27. The molecule has 0 radical (unpaired) electrons. The lowest BCUT2D eigenvalue weighted by Gasteiger charge is -2.31. The molecule has 0 bridgehead atoms. The molecule has 0 aromatic carbocycles. The second-order valence-electron chi connectivity index (χ2n) is 7.27. The summed E-state index contributed by atoms with van der Waals surface area (Å²) < 4.78 is 0. The molecule has 2 N–H and O–H groups in total. The SMILES string of the molecule is CC(NC(=O)N1CCCC1C(=O)NC1CC1)C1CCCCC1. The molecule has 0 spiro atoms. The number of amides is 3. The number of hydrogen-bond acceptors (Lipinski definition) is 2. The van der Waals surface area contributed by atoms with Crippen LogP contribution in [0.2, 0.25) is 0 Å². The lowest BCUT2D eigenvalue weighted by atomic mass is 9.84. The lowest BCUT2D eigenvalue weighted by Crippen LogP contribution is -2.52. The van der Waals surface area contributed by atoms with Gasteiger partial charge in [0.1, 0.15) is 6.04 Å². The lowest BCUT2D eigenvalue weighted by molar-refractivity contribution is -0.124. The van der Waals surface area contributed by atoms with Gasteiger partial charge in [0.2, 0.25) is 5.91 Å². The first-order chi connectivity index (χ1) is 10.6. The van der Waals surface area contributed by atoms with Crippen molar-refractivity contribution in [3.8, 4) is 0 Å². The minimum absolute atomic E-state index is 0.0421. The van der Waals surface area contributed by atoms with E-state index in [9.17, 15) is 9.59 Å². The van der Waals surface area contributed by atoms with E-state index < -0.39 is 0 Å². The van der Waals surface area contributed by atoms with Crippen molar-refractivity contribution in [3.63, 3.8) is 0 Å². The summed E-state index contributed by atoms with van der Waals surface area (Å²) in [6.07, 6.45) is 10.2. The molecule has 2 saturated carbocycles. The van der Waals surface area contributed by atoms with Crippen LogP contribution in [0.15, 0.2) is 0 Å². The minimum atomic E-state index is -0.265. The maximum atomic E-state index is 12.5. The van der Waals surface area contributed by atoms with Gasteiger partial charge in [0, 0.05) is 18.6 Å². The number of hydrogen-bond donors (Lipinski definition) is 2. The van der Waals surface area contributed by atoms with Gasteiger partial charge in [-0.15, -0.1) is 0 Å². The molecule has 5 heteroatoms. The summed E-state index contributed by atoms with van der Waals surface area (Å²) in [5.74, 6) is 0.638. The van der Waals surface area contributed by atoms with Gasteiger partial charge in [0.15, 0.2) is 0 Å². The van der Waals surface area contributed by atoms with Crippen molar-refractivity contribution < 1.29 is 9.59 Å². The molecular weight excluding hydrogens is 278 g/mol. The summed E-state index contributed by atoms with van der Waals surface area (Å²) in [4.78, 5) is 26.6. The highest BCUT2D eigenvalue weighted by Crippen LogP contribution is 2.27. The van der Waals surface area contributed by atoms with Gasteiger partial charge in [-0.1, -0.05) is 19.3 Å². The zero-order chi connectivity index (χ0) is 15.5. The molecule has 1 aliphatic heterocycles. The number of carbonyl (C=O) groups is 2. The van der Waals surface area contributed by atoms with E-state index in [4.69, 9.17) is 0 Å². The molecule has 2 aliphatic carbocycles. The molecule has 1 heterocycles. The third-order valence-corrected chi connectivity index (χ3v) is 5.45. The third-order valence-electron chi connectivity index (χ3n) is 5.45. The predicted molar refractivity (Wildman–Crippen MR) is 85.5 cm³/mol. The molecule has 3 rings (SSSR count). The number of rotatable bonds is 4. The van der Waals surface area contributed by atoms with Gasteiger partial charge < -0.3 is 15.5 Å². The van der Waals surface area contributed by atoms with E-state index >= 15 is 0 Å². The smallest absolute Gasteiger partial charge is 0.318 e. The standard InChI is InChI=1S/C17H29N3O2/c1-12(13-6-3-2-4-7-13)18-17(22)20-11-5-8-15(20)16(21)19-14-9-10-14/h12-15H,2-11H2,1H3,(H,18,22)(H,19,21). The zero-order valence-electron chi connectivity index (χ0n) is 13.6. The van der Waals surface area contributed by atoms with Crippen LogP contribution in [0, 0.1) is 5.92 Å². The Kier molecular flexibility index (Phi) is 4.89. The summed E-state index contributed by atoms with van der Waals surface area (Å²) >= 11 is 0. The highest BCUT2D eigenvalue weighted by molar-refractivity contribution is 5.88. The van der Waals surface area contributed by atoms with Crippen molar-refractivity contribution in [1.82, 2.24) is 15.5 Å². The zero-order valence-corrected chi connectivity index (χ0v) is 13.6. The van der Waals surface area contributed by atoms with Crippen molar-refractivity contribution in [2.75, 3.05) is 6.54 Å². The van der Waals surface area contributed by atoms with E-state index in [1.807, 2.05) is 0 Å². The number of likely N-dealkylation sites (tertiary alicyclic amines) is 1. The molecule has 5 nitrogen and oxygen atoms in total. The maximum Gasteiger partial charge on any atom is 0.318 e. The summed E-state index contributed by atoms with van der Waals surface area (Å²) in [6.45, 7) is 2.81. The Morgan fingerprint density at radius 1 is 1.00 bits per heavy atom. The second kappa shape index (κ2) is 6.88. The number of carbonyl (C=O) groups excluding carboxylic acids is 2. The van der Waals surface area contributed by atoms with Crippen LogP contribution < -0.4 is 10.6 Å². The van der Waals surface area contributed by atoms with E-state index in [1.165, 1.54) is 32.1 Å². The van der Waals surface area contributed by atoms with Crippen LogP contribution in [0.3, 0.4) is 0 Å². The van der Waals surface area contributed by atoms with Gasteiger partial charge in [-0.05, 0) is 51.4 Å². The fourth-order valence-electron chi connectivity index (χ4n) is 3.84. The molecule has 0 aromatic heterocycles. The first-order valence-electron chi connectivity index (χ1n) is 9.02. The van der Waals surface area contributed by atoms with E-state index in [0.29, 0.717) is 18.5 Å². The molecule has 2 unspecified atom stereocenters. The van der Waals surface area contributed by atoms with Crippen molar-refractivity contribution in [2.45, 2.75) is 82.8 Å². The van der Waals surface area contributed by atoms with Gasteiger partial charge in [-0.3, -0.25) is 4.79 Å². The fraction of sp³-hybridized carbons (Fsp3) is 0.882. The average molecular weight is 307 g/mol. The Morgan fingerprint density at radius 3 is 2.41 bits per heavy atom. The molecule has 3 aliphatic rings. The Balaban J connectivity index is 1.52. The summed E-state index contributed by atoms with van der Waals surface area (Å²) in [7, 11) is 0. The highest BCUT2D eigenvalue weighted by atomic mass is 16.2. The van der Waals surface area contributed by atoms with Gasteiger partial charge >= 0.3 is 6.03 Å². The molecule has 0 aromatic rings. The van der Waals surface area contributed by atoms with Gasteiger partial charge in [-0.25, -0.2) is 4.79 Å². The van der Waals surface area contributed by atoms with Crippen LogP contribution in [-0.4, -0.2) is 41.5 Å². The summed E-state index contributed by atoms with van der Waals surface area (Å²) in [5.41, 5.74) is 0. The molecule has 3 amide bonds. The van der Waals surface area contributed by atoms with Crippen LogP contribution in [-0.2, 0) is 4.79 Å². The first-order valence-corrected chi connectivity index (χ1v) is 9.02. The number of nitrogens with one attached hydrogen (secondary N) is 2. The molecule has 124 valence electrons. The summed E-state index contributed by atoms with van der Waals surface area (Å²) in [5, 5.41) is 6.19. The van der Waals surface area contributed by atoms with Gasteiger partial charge in [-0.2, -0.15) is 0 Å². The van der Waals surface area contributed by atoms with Crippen LogP contribution in [0.5, 0.6) is 0 Å². The van der Waals surface area contributed by atoms with E-state index in [-0.39, 0.29) is 24.0 Å². The number of nitrogens with zero attached hydrogens (tertiary/aromatic N) is 1.